The van der Waals surface area contributed by atoms with Gasteiger partial charge in [-0.1, -0.05) is 65.4 Å². The van der Waals surface area contributed by atoms with Gasteiger partial charge in [0.05, 0.1) is 11.7 Å². The maximum atomic E-state index is 12.9. The molecule has 0 saturated carbocycles. The molecule has 1 aliphatic rings. The van der Waals surface area contributed by atoms with Crippen LogP contribution in [0.3, 0.4) is 0 Å². The van der Waals surface area contributed by atoms with E-state index >= 15 is 0 Å². The van der Waals surface area contributed by atoms with E-state index in [-0.39, 0.29) is 18.2 Å². The molecule has 1 saturated heterocycles. The molecule has 0 spiro atoms. The fourth-order valence-corrected chi connectivity index (χ4v) is 6.08. The number of sulfonamides is 1. The molecule has 1 aromatic heterocycles. The molecule has 7 nitrogen and oxygen atoms in total. The predicted molar refractivity (Wildman–Crippen MR) is 122 cm³/mol. The van der Waals surface area contributed by atoms with Crippen LogP contribution in [0.5, 0.6) is 0 Å². The number of nitrogens with zero attached hydrogens (tertiary/aromatic N) is 3. The van der Waals surface area contributed by atoms with Gasteiger partial charge in [0, 0.05) is 23.7 Å². The van der Waals surface area contributed by atoms with Gasteiger partial charge in [-0.3, -0.25) is 4.79 Å². The molecule has 1 amide bonds. The first-order valence-electron chi connectivity index (χ1n) is 9.83. The third kappa shape index (κ3) is 5.48. The molecule has 2 heterocycles. The number of hydrogen-bond donors (Lipinski definition) is 1. The molecule has 4 rings (SSSR count). The van der Waals surface area contributed by atoms with Crippen LogP contribution >= 0.6 is 22.9 Å². The van der Waals surface area contributed by atoms with Gasteiger partial charge in [-0.25, -0.2) is 12.7 Å². The molecule has 162 valence electrons. The summed E-state index contributed by atoms with van der Waals surface area (Å²) in [6.07, 6.45) is 1.25. The van der Waals surface area contributed by atoms with Crippen molar-refractivity contribution in [2.75, 3.05) is 18.4 Å². The number of amides is 1. The molecule has 1 N–H and O–H groups in total. The van der Waals surface area contributed by atoms with Crippen molar-refractivity contribution in [3.63, 3.8) is 0 Å². The van der Waals surface area contributed by atoms with Crippen LogP contribution in [0.15, 0.2) is 54.6 Å². The van der Waals surface area contributed by atoms with Crippen molar-refractivity contribution in [2.24, 2.45) is 5.92 Å². The lowest BCUT2D eigenvalue weighted by atomic mass is 9.99. The Balaban J connectivity index is 1.40. The second kappa shape index (κ2) is 9.44. The SMILES string of the molecule is O=C(Nc1nnc(-c2ccccc2)s1)[C@H]1CCCN(S(=O)(=O)Cc2cccc(Cl)c2)C1. The molecule has 1 fully saturated rings. The van der Waals surface area contributed by atoms with E-state index in [1.807, 2.05) is 30.3 Å². The normalized spacial score (nSPS) is 17.4. The van der Waals surface area contributed by atoms with E-state index in [0.717, 1.165) is 5.56 Å². The highest BCUT2D eigenvalue weighted by molar-refractivity contribution is 7.88. The quantitative estimate of drug-likeness (QED) is 0.579. The molecule has 3 aromatic rings. The third-order valence-electron chi connectivity index (χ3n) is 5.06. The van der Waals surface area contributed by atoms with Crippen LogP contribution in [-0.2, 0) is 20.6 Å². The van der Waals surface area contributed by atoms with Crippen molar-refractivity contribution in [2.45, 2.75) is 18.6 Å². The van der Waals surface area contributed by atoms with Crippen LogP contribution < -0.4 is 5.32 Å². The highest BCUT2D eigenvalue weighted by Gasteiger charge is 2.32. The number of rotatable bonds is 6. The lowest BCUT2D eigenvalue weighted by Gasteiger charge is -2.31. The predicted octanol–water partition coefficient (Wildman–Crippen LogP) is 4.04. The number of benzene rings is 2. The Labute approximate surface area is 190 Å². The van der Waals surface area contributed by atoms with Gasteiger partial charge >= 0.3 is 0 Å². The van der Waals surface area contributed by atoms with Gasteiger partial charge in [0.2, 0.25) is 21.1 Å². The second-order valence-electron chi connectivity index (χ2n) is 7.35. The van der Waals surface area contributed by atoms with E-state index in [1.165, 1.54) is 15.6 Å². The Morgan fingerprint density at radius 1 is 1.16 bits per heavy atom. The molecule has 0 bridgehead atoms. The molecular formula is C21H21ClN4O3S2. The number of anilines is 1. The molecule has 1 aliphatic heterocycles. The molecule has 0 unspecified atom stereocenters. The molecular weight excluding hydrogens is 456 g/mol. The maximum absolute atomic E-state index is 12.9. The zero-order valence-electron chi connectivity index (χ0n) is 16.6. The summed E-state index contributed by atoms with van der Waals surface area (Å²) in [4.78, 5) is 12.8. The zero-order valence-corrected chi connectivity index (χ0v) is 19.0. The minimum atomic E-state index is -3.56. The fourth-order valence-electron chi connectivity index (χ4n) is 3.52. The first-order valence-corrected chi connectivity index (χ1v) is 12.6. The lowest BCUT2D eigenvalue weighted by molar-refractivity contribution is -0.120. The van der Waals surface area contributed by atoms with Gasteiger partial charge in [-0.2, -0.15) is 0 Å². The van der Waals surface area contributed by atoms with Crippen molar-refractivity contribution >= 4 is 44.0 Å². The van der Waals surface area contributed by atoms with Gasteiger partial charge in [-0.05, 0) is 30.5 Å². The highest BCUT2D eigenvalue weighted by atomic mass is 35.5. The highest BCUT2D eigenvalue weighted by Crippen LogP contribution is 2.28. The van der Waals surface area contributed by atoms with Crippen LogP contribution in [-0.4, -0.2) is 41.9 Å². The minimum absolute atomic E-state index is 0.140. The Kier molecular flexibility index (Phi) is 6.66. The van der Waals surface area contributed by atoms with E-state index in [9.17, 15) is 13.2 Å². The average molecular weight is 477 g/mol. The molecule has 0 radical (unpaired) electrons. The number of nitrogens with one attached hydrogen (secondary N) is 1. The fraction of sp³-hybridized carbons (Fsp3) is 0.286. The summed E-state index contributed by atoms with van der Waals surface area (Å²) in [5.41, 5.74) is 1.55. The van der Waals surface area contributed by atoms with Gasteiger partial charge in [0.15, 0.2) is 0 Å². The van der Waals surface area contributed by atoms with Crippen LogP contribution in [0, 0.1) is 5.92 Å². The Bertz CT molecular complexity index is 1170. The average Bonchev–Trinajstić information content (AvgIpc) is 3.23. The second-order valence-corrected chi connectivity index (χ2v) is 10.7. The summed E-state index contributed by atoms with van der Waals surface area (Å²) < 4.78 is 27.2. The number of carbonyl (C=O) groups excluding carboxylic acids is 1. The van der Waals surface area contributed by atoms with Crippen molar-refractivity contribution in [3.05, 3.63) is 65.2 Å². The Morgan fingerprint density at radius 3 is 2.74 bits per heavy atom. The largest absolute Gasteiger partial charge is 0.300 e. The summed E-state index contributed by atoms with van der Waals surface area (Å²) in [6, 6.07) is 16.4. The molecule has 1 atom stereocenters. The van der Waals surface area contributed by atoms with Crippen molar-refractivity contribution in [3.8, 4) is 10.6 Å². The third-order valence-corrected chi connectivity index (χ3v) is 8.00. The van der Waals surface area contributed by atoms with E-state index in [2.05, 4.69) is 15.5 Å². The maximum Gasteiger partial charge on any atom is 0.230 e. The molecule has 31 heavy (non-hydrogen) atoms. The van der Waals surface area contributed by atoms with Gasteiger partial charge in [0.1, 0.15) is 5.01 Å². The number of carbonyl (C=O) groups is 1. The first kappa shape index (κ1) is 21.9. The monoisotopic (exact) mass is 476 g/mol. The smallest absolute Gasteiger partial charge is 0.230 e. The van der Waals surface area contributed by atoms with Crippen LogP contribution in [0.4, 0.5) is 5.13 Å². The van der Waals surface area contributed by atoms with Gasteiger partial charge < -0.3 is 5.32 Å². The summed E-state index contributed by atoms with van der Waals surface area (Å²) in [7, 11) is -3.56. The Morgan fingerprint density at radius 2 is 1.97 bits per heavy atom. The lowest BCUT2D eigenvalue weighted by Crippen LogP contribution is -2.44. The van der Waals surface area contributed by atoms with Crippen LogP contribution in [0.1, 0.15) is 18.4 Å². The summed E-state index contributed by atoms with van der Waals surface area (Å²) in [6.45, 7) is 0.558. The summed E-state index contributed by atoms with van der Waals surface area (Å²) in [5, 5.41) is 12.6. The zero-order chi connectivity index (χ0) is 21.8. The summed E-state index contributed by atoms with van der Waals surface area (Å²) in [5.74, 6) is -0.816. The van der Waals surface area contributed by atoms with Crippen molar-refractivity contribution in [1.82, 2.24) is 14.5 Å². The van der Waals surface area contributed by atoms with Crippen molar-refractivity contribution < 1.29 is 13.2 Å². The number of hydrogen-bond acceptors (Lipinski definition) is 6. The first-order chi connectivity index (χ1) is 14.9. The van der Waals surface area contributed by atoms with Crippen LogP contribution in [0.25, 0.3) is 10.6 Å². The topological polar surface area (TPSA) is 92.3 Å². The summed E-state index contributed by atoms with van der Waals surface area (Å²) >= 11 is 7.26. The van der Waals surface area contributed by atoms with E-state index in [1.54, 1.807) is 24.3 Å². The Hall–Kier alpha value is -2.33. The molecule has 2 aromatic carbocycles. The van der Waals surface area contributed by atoms with Gasteiger partial charge in [0.25, 0.3) is 0 Å². The van der Waals surface area contributed by atoms with Crippen molar-refractivity contribution in [1.29, 1.82) is 0 Å². The molecule has 10 heteroatoms. The number of halogens is 1. The van der Waals surface area contributed by atoms with E-state index in [0.29, 0.717) is 40.1 Å². The standard InChI is InChI=1S/C21H21ClN4O3S2/c22-18-10-4-6-15(12-18)14-31(28,29)26-11-5-9-17(13-26)19(27)23-21-25-24-20(30-21)16-7-2-1-3-8-16/h1-4,6-8,10,12,17H,5,9,11,13-14H2,(H,23,25,27)/t17-/m0/s1. The number of aromatic nitrogens is 2. The number of piperidine rings is 1. The minimum Gasteiger partial charge on any atom is -0.300 e. The molecule has 0 aliphatic carbocycles. The van der Waals surface area contributed by atoms with Gasteiger partial charge in [-0.15, -0.1) is 10.2 Å². The van der Waals surface area contributed by atoms with E-state index < -0.39 is 15.9 Å². The van der Waals surface area contributed by atoms with E-state index in [4.69, 9.17) is 11.6 Å². The van der Waals surface area contributed by atoms with Crippen LogP contribution in [0.2, 0.25) is 5.02 Å².